The van der Waals surface area contributed by atoms with E-state index in [2.05, 4.69) is 20.8 Å². The molecule has 0 saturated carbocycles. The Morgan fingerprint density at radius 1 is 1.47 bits per heavy atom. The van der Waals surface area contributed by atoms with Crippen LogP contribution in [0.5, 0.6) is 0 Å². The van der Waals surface area contributed by atoms with Crippen LogP contribution in [0, 0.1) is 24.1 Å². The summed E-state index contributed by atoms with van der Waals surface area (Å²) in [7, 11) is 0. The molecule has 158 valence electrons. The number of nitrogens with two attached hydrogens (primary N) is 2. The second-order valence-electron chi connectivity index (χ2n) is 6.03. The van der Waals surface area contributed by atoms with Crippen LogP contribution in [0.3, 0.4) is 0 Å². The van der Waals surface area contributed by atoms with E-state index >= 15 is 0 Å². The van der Waals surface area contributed by atoms with Gasteiger partial charge in [-0.15, -0.1) is 5.48 Å². The number of alkyl halides is 1. The summed E-state index contributed by atoms with van der Waals surface area (Å²) in [5.41, 5.74) is 14.6. The van der Waals surface area contributed by atoms with Crippen molar-refractivity contribution in [3.8, 4) is 6.07 Å². The number of nitrogens with one attached hydrogen (secondary N) is 2. The number of hydroxylamine groups is 1. The van der Waals surface area contributed by atoms with Crippen molar-refractivity contribution in [1.29, 1.82) is 5.26 Å². The maximum Gasteiger partial charge on any atom is 0.304 e. The van der Waals surface area contributed by atoms with E-state index in [0.29, 0.717) is 11.1 Å². The summed E-state index contributed by atoms with van der Waals surface area (Å²) in [4.78, 5) is 24.3. The standard InChI is InChI=1S/C18H18ClF2N7O2/c1-9-2-10(6-22)7-25-16(9)17(29)27-12-3-11(15(19)13(21)5-12)4-14(23)28-30-18(24)26-8-20/h2-3,5,7,14,28H,4,8,23H2,1H3,(H2,24,26)(H,27,29)/t14-/m0/s1. The van der Waals surface area contributed by atoms with Gasteiger partial charge >= 0.3 is 6.02 Å². The molecule has 0 bridgehead atoms. The molecule has 0 unspecified atom stereocenters. The first kappa shape index (κ1) is 23.0. The van der Waals surface area contributed by atoms with Gasteiger partial charge in [0.05, 0.1) is 16.8 Å². The lowest BCUT2D eigenvalue weighted by atomic mass is 10.1. The van der Waals surface area contributed by atoms with E-state index < -0.39 is 30.7 Å². The summed E-state index contributed by atoms with van der Waals surface area (Å²) in [5.74, 6) is -1.37. The Morgan fingerprint density at radius 2 is 2.20 bits per heavy atom. The first-order chi connectivity index (χ1) is 14.2. The highest BCUT2D eigenvalue weighted by molar-refractivity contribution is 6.31. The van der Waals surface area contributed by atoms with E-state index in [-0.39, 0.29) is 28.4 Å². The minimum absolute atomic E-state index is 0.0173. The largest absolute Gasteiger partial charge is 0.369 e. The van der Waals surface area contributed by atoms with E-state index in [4.69, 9.17) is 33.2 Å². The zero-order valence-electron chi connectivity index (χ0n) is 15.7. The maximum atomic E-state index is 14.2. The van der Waals surface area contributed by atoms with E-state index in [1.54, 1.807) is 6.92 Å². The molecule has 0 fully saturated rings. The van der Waals surface area contributed by atoms with Crippen molar-refractivity contribution >= 4 is 29.2 Å². The van der Waals surface area contributed by atoms with E-state index in [1.165, 1.54) is 18.3 Å². The van der Waals surface area contributed by atoms with Gasteiger partial charge in [-0.2, -0.15) is 5.26 Å². The molecular formula is C18H18ClF2N7O2. The molecule has 1 amide bonds. The van der Waals surface area contributed by atoms with Crippen molar-refractivity contribution in [2.45, 2.75) is 19.5 Å². The van der Waals surface area contributed by atoms with Crippen LogP contribution < -0.4 is 22.3 Å². The summed E-state index contributed by atoms with van der Waals surface area (Å²) >= 11 is 5.98. The molecule has 9 nitrogen and oxygen atoms in total. The number of anilines is 1. The number of rotatable bonds is 7. The highest BCUT2D eigenvalue weighted by Crippen LogP contribution is 2.26. The zero-order chi connectivity index (χ0) is 22.3. The number of amidine groups is 1. The summed E-state index contributed by atoms with van der Waals surface area (Å²) in [6, 6.07) is 5.46. The van der Waals surface area contributed by atoms with Gasteiger partial charge in [0.25, 0.3) is 5.91 Å². The van der Waals surface area contributed by atoms with Gasteiger partial charge in [-0.05, 0) is 36.2 Å². The maximum absolute atomic E-state index is 14.2. The van der Waals surface area contributed by atoms with Gasteiger partial charge in [0.1, 0.15) is 17.6 Å². The van der Waals surface area contributed by atoms with Crippen LogP contribution in [0.2, 0.25) is 5.02 Å². The molecule has 2 aromatic rings. The van der Waals surface area contributed by atoms with Gasteiger partial charge in [-0.3, -0.25) is 4.79 Å². The lowest BCUT2D eigenvalue weighted by Gasteiger charge is -2.16. The fourth-order valence-electron chi connectivity index (χ4n) is 2.44. The highest BCUT2D eigenvalue weighted by Gasteiger charge is 2.16. The third kappa shape index (κ3) is 6.08. The minimum Gasteiger partial charge on any atom is -0.369 e. The van der Waals surface area contributed by atoms with Crippen molar-refractivity contribution in [2.75, 3.05) is 12.1 Å². The molecule has 1 aromatic carbocycles. The lowest BCUT2D eigenvalue weighted by Crippen LogP contribution is -2.42. The van der Waals surface area contributed by atoms with Crippen LogP contribution in [0.25, 0.3) is 0 Å². The molecule has 0 radical (unpaired) electrons. The van der Waals surface area contributed by atoms with Crippen LogP contribution in [0.15, 0.2) is 29.4 Å². The topological polar surface area (TPSA) is 151 Å². The molecule has 1 atom stereocenters. The molecule has 12 heteroatoms. The Kier molecular flexibility index (Phi) is 7.99. The van der Waals surface area contributed by atoms with E-state index in [9.17, 15) is 13.6 Å². The van der Waals surface area contributed by atoms with Crippen molar-refractivity contribution in [1.82, 2.24) is 10.5 Å². The SMILES string of the molecule is Cc1cc(C#N)cnc1C(=O)Nc1cc(F)c(Cl)c(C[C@@H](N)NO/C(N)=N\CF)c1. The molecule has 2 rings (SSSR count). The van der Waals surface area contributed by atoms with Crippen molar-refractivity contribution in [3.05, 3.63) is 57.6 Å². The highest BCUT2D eigenvalue weighted by atomic mass is 35.5. The number of aryl methyl sites for hydroxylation is 1. The number of hydrogen-bond donors (Lipinski definition) is 4. The average Bonchev–Trinajstić information content (AvgIpc) is 2.70. The summed E-state index contributed by atoms with van der Waals surface area (Å²) < 4.78 is 26.3. The van der Waals surface area contributed by atoms with Crippen LogP contribution in [0.1, 0.15) is 27.2 Å². The molecule has 0 aliphatic carbocycles. The van der Waals surface area contributed by atoms with Crippen molar-refractivity contribution in [2.24, 2.45) is 16.5 Å². The third-order valence-electron chi connectivity index (χ3n) is 3.75. The van der Waals surface area contributed by atoms with Crippen molar-refractivity contribution < 1.29 is 18.4 Å². The molecule has 1 heterocycles. The predicted octanol–water partition coefficient (Wildman–Crippen LogP) is 1.90. The second-order valence-corrected chi connectivity index (χ2v) is 6.41. The third-order valence-corrected chi connectivity index (χ3v) is 4.18. The number of aromatic nitrogens is 1. The Balaban J connectivity index is 2.15. The number of carbonyl (C=O) groups excluding carboxylic acids is 1. The molecule has 0 spiro atoms. The van der Waals surface area contributed by atoms with Crippen LogP contribution in [0.4, 0.5) is 14.5 Å². The predicted molar refractivity (Wildman–Crippen MR) is 107 cm³/mol. The summed E-state index contributed by atoms with van der Waals surface area (Å²) in [6.45, 7) is 0.564. The molecular weight excluding hydrogens is 420 g/mol. The Hall–Kier alpha value is -3.33. The van der Waals surface area contributed by atoms with Crippen molar-refractivity contribution in [3.63, 3.8) is 0 Å². The average molecular weight is 438 g/mol. The number of benzene rings is 1. The fraction of sp³-hybridized carbons (Fsp3) is 0.222. The number of halogens is 3. The number of amides is 1. The van der Waals surface area contributed by atoms with Gasteiger partial charge in [0.2, 0.25) is 0 Å². The number of pyridine rings is 1. The molecule has 6 N–H and O–H groups in total. The lowest BCUT2D eigenvalue weighted by molar-refractivity contribution is 0.102. The molecule has 0 saturated heterocycles. The van der Waals surface area contributed by atoms with Gasteiger partial charge < -0.3 is 21.6 Å². The Bertz CT molecular complexity index is 1010. The first-order valence-electron chi connectivity index (χ1n) is 8.45. The van der Waals surface area contributed by atoms with Gasteiger partial charge in [0.15, 0.2) is 6.80 Å². The van der Waals surface area contributed by atoms with Gasteiger partial charge in [-0.25, -0.2) is 18.8 Å². The van der Waals surface area contributed by atoms with Gasteiger partial charge in [-0.1, -0.05) is 11.6 Å². The Labute approximate surface area is 175 Å². The molecule has 30 heavy (non-hydrogen) atoms. The molecule has 0 aliphatic rings. The van der Waals surface area contributed by atoms with E-state index in [0.717, 1.165) is 6.07 Å². The summed E-state index contributed by atoms with van der Waals surface area (Å²) in [5, 5.41) is 11.2. The molecule has 0 aliphatic heterocycles. The number of carbonyl (C=O) groups is 1. The molecule has 1 aromatic heterocycles. The monoisotopic (exact) mass is 437 g/mol. The van der Waals surface area contributed by atoms with E-state index in [1.807, 2.05) is 6.07 Å². The normalized spacial score (nSPS) is 12.2. The smallest absolute Gasteiger partial charge is 0.304 e. The number of nitrogens with zero attached hydrogens (tertiary/aromatic N) is 3. The first-order valence-corrected chi connectivity index (χ1v) is 8.82. The zero-order valence-corrected chi connectivity index (χ0v) is 16.5. The number of aliphatic imine (C=N–C) groups is 1. The summed E-state index contributed by atoms with van der Waals surface area (Å²) in [6.07, 6.45) is 0.346. The van der Waals surface area contributed by atoms with Crippen LogP contribution in [-0.2, 0) is 11.3 Å². The fourth-order valence-corrected chi connectivity index (χ4v) is 2.62. The van der Waals surface area contributed by atoms with Crippen LogP contribution in [-0.4, -0.2) is 29.9 Å². The number of nitriles is 1. The second kappa shape index (κ2) is 10.4. The van der Waals surface area contributed by atoms with Crippen LogP contribution >= 0.6 is 11.6 Å². The van der Waals surface area contributed by atoms with Gasteiger partial charge in [0, 0.05) is 18.3 Å². The minimum atomic E-state index is -1.06. The number of hydrogen-bond acceptors (Lipinski definition) is 7. The Morgan fingerprint density at radius 3 is 2.83 bits per heavy atom. The quantitative estimate of drug-likeness (QED) is 0.170.